The predicted octanol–water partition coefficient (Wildman–Crippen LogP) is 0.0462. The molecule has 0 aliphatic heterocycles. The Morgan fingerprint density at radius 1 is 1.47 bits per heavy atom. The molecule has 2 atom stereocenters. The van der Waals surface area contributed by atoms with Crippen LogP contribution in [-0.2, 0) is 9.59 Å². The van der Waals surface area contributed by atoms with Crippen LogP contribution in [0.3, 0.4) is 0 Å². The van der Waals surface area contributed by atoms with E-state index in [-0.39, 0.29) is 11.9 Å². The SMILES string of the molecule is CCC(N)CSCC(NC(C)=O)C(=O)O. The van der Waals surface area contributed by atoms with Crippen molar-refractivity contribution in [3.05, 3.63) is 0 Å². The van der Waals surface area contributed by atoms with Crippen molar-refractivity contribution < 1.29 is 14.7 Å². The number of thioether (sulfide) groups is 1. The Balaban J connectivity index is 3.86. The van der Waals surface area contributed by atoms with E-state index in [1.54, 1.807) is 0 Å². The number of nitrogens with one attached hydrogen (secondary N) is 1. The van der Waals surface area contributed by atoms with Crippen LogP contribution in [0, 0.1) is 0 Å². The fourth-order valence-corrected chi connectivity index (χ4v) is 2.01. The van der Waals surface area contributed by atoms with Crippen LogP contribution in [0.5, 0.6) is 0 Å². The van der Waals surface area contributed by atoms with Crippen LogP contribution >= 0.6 is 11.8 Å². The Kier molecular flexibility index (Phi) is 7.15. The number of rotatable bonds is 7. The van der Waals surface area contributed by atoms with Gasteiger partial charge < -0.3 is 16.2 Å². The van der Waals surface area contributed by atoms with Crippen molar-refractivity contribution in [2.45, 2.75) is 32.4 Å². The molecular weight excluding hydrogens is 216 g/mol. The lowest BCUT2D eigenvalue weighted by Crippen LogP contribution is -2.41. The number of carboxylic acids is 1. The molecule has 6 heteroatoms. The first-order chi connectivity index (χ1) is 6.97. The van der Waals surface area contributed by atoms with E-state index in [0.29, 0.717) is 11.5 Å². The van der Waals surface area contributed by atoms with Crippen LogP contribution in [-0.4, -0.2) is 40.6 Å². The van der Waals surface area contributed by atoms with Crippen molar-refractivity contribution >= 4 is 23.6 Å². The number of carbonyl (C=O) groups is 2. The predicted molar refractivity (Wildman–Crippen MR) is 60.8 cm³/mol. The molecule has 0 saturated carbocycles. The average Bonchev–Trinajstić information content (AvgIpc) is 2.15. The number of carbonyl (C=O) groups excluding carboxylic acids is 1. The standard InChI is InChI=1S/C9H18N2O3S/c1-3-7(10)4-15-5-8(9(13)14)11-6(2)12/h7-8H,3-5,10H2,1-2H3,(H,11,12)(H,13,14). The van der Waals surface area contributed by atoms with E-state index >= 15 is 0 Å². The summed E-state index contributed by atoms with van der Waals surface area (Å²) in [5, 5.41) is 11.2. The lowest BCUT2D eigenvalue weighted by atomic mass is 10.3. The monoisotopic (exact) mass is 234 g/mol. The molecule has 0 rings (SSSR count). The zero-order valence-corrected chi connectivity index (χ0v) is 9.84. The third-order valence-corrected chi connectivity index (χ3v) is 3.05. The largest absolute Gasteiger partial charge is 0.480 e. The second-order valence-electron chi connectivity index (χ2n) is 3.30. The second kappa shape index (κ2) is 7.53. The lowest BCUT2D eigenvalue weighted by molar-refractivity contribution is -0.140. The van der Waals surface area contributed by atoms with Crippen molar-refractivity contribution in [1.29, 1.82) is 0 Å². The van der Waals surface area contributed by atoms with Crippen molar-refractivity contribution in [3.63, 3.8) is 0 Å². The molecule has 0 heterocycles. The summed E-state index contributed by atoms with van der Waals surface area (Å²) in [5.74, 6) is -0.284. The fourth-order valence-electron chi connectivity index (χ4n) is 0.875. The maximum Gasteiger partial charge on any atom is 0.327 e. The van der Waals surface area contributed by atoms with Gasteiger partial charge in [0, 0.05) is 24.5 Å². The van der Waals surface area contributed by atoms with Crippen LogP contribution in [0.15, 0.2) is 0 Å². The van der Waals surface area contributed by atoms with Crippen molar-refractivity contribution in [2.24, 2.45) is 5.73 Å². The molecule has 0 aromatic carbocycles. The molecule has 5 nitrogen and oxygen atoms in total. The molecule has 0 fully saturated rings. The van der Waals surface area contributed by atoms with Crippen LogP contribution in [0.4, 0.5) is 0 Å². The summed E-state index contributed by atoms with van der Waals surface area (Å²) in [6, 6.07) is -0.738. The first-order valence-electron chi connectivity index (χ1n) is 4.80. The van der Waals surface area contributed by atoms with Gasteiger partial charge in [0.15, 0.2) is 0 Å². The average molecular weight is 234 g/mol. The van der Waals surface area contributed by atoms with Gasteiger partial charge in [-0.2, -0.15) is 11.8 Å². The molecule has 2 unspecified atom stereocenters. The van der Waals surface area contributed by atoms with Crippen molar-refractivity contribution in [1.82, 2.24) is 5.32 Å². The molecule has 0 bridgehead atoms. The summed E-state index contributed by atoms with van der Waals surface area (Å²) in [7, 11) is 0. The summed E-state index contributed by atoms with van der Waals surface area (Å²) in [4.78, 5) is 21.4. The maximum absolute atomic E-state index is 10.7. The maximum atomic E-state index is 10.7. The minimum atomic E-state index is -1.01. The normalized spacial score (nSPS) is 14.3. The number of nitrogens with two attached hydrogens (primary N) is 1. The van der Waals surface area contributed by atoms with Crippen LogP contribution < -0.4 is 11.1 Å². The first-order valence-corrected chi connectivity index (χ1v) is 5.96. The molecule has 4 N–H and O–H groups in total. The van der Waals surface area contributed by atoms with Gasteiger partial charge in [-0.15, -0.1) is 0 Å². The number of hydrogen-bond donors (Lipinski definition) is 3. The van der Waals surface area contributed by atoms with Gasteiger partial charge in [0.2, 0.25) is 5.91 Å². The topological polar surface area (TPSA) is 92.4 Å². The Labute approximate surface area is 93.8 Å². The molecule has 88 valence electrons. The smallest absolute Gasteiger partial charge is 0.327 e. The van der Waals surface area contributed by atoms with E-state index in [0.717, 1.165) is 6.42 Å². The third-order valence-electron chi connectivity index (χ3n) is 1.82. The van der Waals surface area contributed by atoms with Crippen molar-refractivity contribution in [2.75, 3.05) is 11.5 Å². The van der Waals surface area contributed by atoms with E-state index in [4.69, 9.17) is 10.8 Å². The highest BCUT2D eigenvalue weighted by atomic mass is 32.2. The summed E-state index contributed by atoms with van der Waals surface area (Å²) in [6.07, 6.45) is 0.866. The highest BCUT2D eigenvalue weighted by Gasteiger charge is 2.18. The Hall–Kier alpha value is -0.750. The highest BCUT2D eigenvalue weighted by molar-refractivity contribution is 7.99. The molecule has 0 aromatic heterocycles. The second-order valence-corrected chi connectivity index (χ2v) is 4.37. The summed E-state index contributed by atoms with van der Waals surface area (Å²) < 4.78 is 0. The van der Waals surface area contributed by atoms with Crippen LogP contribution in [0.2, 0.25) is 0 Å². The fraction of sp³-hybridized carbons (Fsp3) is 0.778. The van der Waals surface area contributed by atoms with E-state index in [9.17, 15) is 9.59 Å². The van der Waals surface area contributed by atoms with Gasteiger partial charge >= 0.3 is 5.97 Å². The molecule has 0 spiro atoms. The van der Waals surface area contributed by atoms with Crippen LogP contribution in [0.1, 0.15) is 20.3 Å². The Morgan fingerprint density at radius 2 is 2.07 bits per heavy atom. The quantitative estimate of drug-likeness (QED) is 0.578. The molecule has 0 aliphatic carbocycles. The first kappa shape index (κ1) is 14.2. The number of carboxylic acid groups (broad SMARTS) is 1. The number of aliphatic carboxylic acids is 1. The highest BCUT2D eigenvalue weighted by Crippen LogP contribution is 2.06. The molecule has 0 radical (unpaired) electrons. The summed E-state index contributed by atoms with van der Waals surface area (Å²) >= 11 is 1.44. The lowest BCUT2D eigenvalue weighted by Gasteiger charge is -2.14. The van der Waals surface area contributed by atoms with E-state index < -0.39 is 12.0 Å². The van der Waals surface area contributed by atoms with Gasteiger partial charge in [-0.3, -0.25) is 4.79 Å². The summed E-state index contributed by atoms with van der Waals surface area (Å²) in [6.45, 7) is 3.28. The zero-order valence-electron chi connectivity index (χ0n) is 9.03. The molecular formula is C9H18N2O3S. The third kappa shape index (κ3) is 7.21. The van der Waals surface area contributed by atoms with Gasteiger partial charge in [-0.1, -0.05) is 6.92 Å². The van der Waals surface area contributed by atoms with Gasteiger partial charge in [0.05, 0.1) is 0 Å². The Morgan fingerprint density at radius 3 is 2.47 bits per heavy atom. The molecule has 0 saturated heterocycles. The minimum Gasteiger partial charge on any atom is -0.480 e. The van der Waals surface area contributed by atoms with Crippen LogP contribution in [0.25, 0.3) is 0 Å². The number of hydrogen-bond acceptors (Lipinski definition) is 4. The van der Waals surface area contributed by atoms with E-state index in [1.165, 1.54) is 18.7 Å². The Bertz CT molecular complexity index is 223. The van der Waals surface area contributed by atoms with E-state index in [1.807, 2.05) is 6.92 Å². The summed E-state index contributed by atoms with van der Waals surface area (Å²) in [5.41, 5.74) is 5.68. The van der Waals surface area contributed by atoms with Gasteiger partial charge in [-0.25, -0.2) is 4.79 Å². The zero-order chi connectivity index (χ0) is 11.8. The van der Waals surface area contributed by atoms with Gasteiger partial charge in [0.1, 0.15) is 6.04 Å². The van der Waals surface area contributed by atoms with Crippen molar-refractivity contribution in [3.8, 4) is 0 Å². The molecule has 0 aromatic rings. The minimum absolute atomic E-state index is 0.0850. The van der Waals surface area contributed by atoms with E-state index in [2.05, 4.69) is 5.32 Å². The number of amides is 1. The molecule has 1 amide bonds. The molecule has 0 aliphatic rings. The van der Waals surface area contributed by atoms with Gasteiger partial charge in [0.25, 0.3) is 0 Å². The van der Waals surface area contributed by atoms with Gasteiger partial charge in [-0.05, 0) is 6.42 Å². The molecule has 15 heavy (non-hydrogen) atoms.